The second kappa shape index (κ2) is 6.10. The normalized spacial score (nSPS) is 25.0. The number of nitrogens with one attached hydrogen (secondary N) is 1. The van der Waals surface area contributed by atoms with E-state index in [2.05, 4.69) is 5.32 Å². The van der Waals surface area contributed by atoms with Crippen LogP contribution in [0, 0.1) is 12.7 Å². The zero-order valence-electron chi connectivity index (χ0n) is 11.6. The third kappa shape index (κ3) is 3.13. The van der Waals surface area contributed by atoms with E-state index >= 15 is 0 Å². The van der Waals surface area contributed by atoms with Crippen LogP contribution in [0.5, 0.6) is 0 Å². The highest BCUT2D eigenvalue weighted by Gasteiger charge is 2.31. The number of hydrogen-bond donors (Lipinski definition) is 1. The van der Waals surface area contributed by atoms with Crippen molar-refractivity contribution in [3.05, 3.63) is 35.1 Å². The van der Waals surface area contributed by atoms with Crippen molar-refractivity contribution in [1.29, 1.82) is 0 Å². The third-order valence-corrected chi connectivity index (χ3v) is 4.10. The largest absolute Gasteiger partial charge is 0.337 e. The van der Waals surface area contributed by atoms with Gasteiger partial charge in [-0.25, -0.2) is 4.39 Å². The van der Waals surface area contributed by atoms with E-state index in [-0.39, 0.29) is 24.1 Å². The molecule has 3 nitrogen and oxygen atoms in total. The fourth-order valence-corrected chi connectivity index (χ4v) is 3.17. The number of aryl methyl sites for hydroxylation is 1. The molecule has 0 spiro atoms. The molecule has 2 bridgehead atoms. The Hall–Kier alpha value is -1.13. The van der Waals surface area contributed by atoms with Crippen molar-refractivity contribution in [2.45, 2.75) is 38.3 Å². The van der Waals surface area contributed by atoms with Gasteiger partial charge in [0.05, 0.1) is 0 Å². The molecule has 0 radical (unpaired) electrons. The summed E-state index contributed by atoms with van der Waals surface area (Å²) in [6.07, 6.45) is 3.35. The fourth-order valence-electron chi connectivity index (χ4n) is 3.17. The Morgan fingerprint density at radius 1 is 1.25 bits per heavy atom. The Balaban J connectivity index is 0.00000147. The molecule has 3 rings (SSSR count). The Kier molecular flexibility index (Phi) is 4.66. The van der Waals surface area contributed by atoms with Gasteiger partial charge in [0.2, 0.25) is 0 Å². The molecule has 2 atom stereocenters. The summed E-state index contributed by atoms with van der Waals surface area (Å²) in [6, 6.07) is 5.51. The number of hydrogen-bond acceptors (Lipinski definition) is 2. The lowest BCUT2D eigenvalue weighted by molar-refractivity contribution is 0.0747. The molecule has 20 heavy (non-hydrogen) atoms. The number of nitrogens with zero attached hydrogens (tertiary/aromatic N) is 1. The first-order valence-corrected chi connectivity index (χ1v) is 6.94. The molecule has 1 amide bonds. The average molecular weight is 299 g/mol. The third-order valence-electron chi connectivity index (χ3n) is 4.10. The van der Waals surface area contributed by atoms with E-state index in [1.807, 2.05) is 11.8 Å². The van der Waals surface area contributed by atoms with Crippen LogP contribution in [0.4, 0.5) is 4.39 Å². The highest BCUT2D eigenvalue weighted by Crippen LogP contribution is 2.22. The molecule has 2 heterocycles. The number of carbonyl (C=O) groups excluding carboxylic acids is 1. The fraction of sp³-hybridized carbons (Fsp3) is 0.533. The zero-order chi connectivity index (χ0) is 13.4. The lowest BCUT2D eigenvalue weighted by Gasteiger charge is -2.24. The van der Waals surface area contributed by atoms with Gasteiger partial charge in [-0.3, -0.25) is 4.79 Å². The van der Waals surface area contributed by atoms with Crippen molar-refractivity contribution in [2.75, 3.05) is 13.1 Å². The molecule has 2 aliphatic rings. The molecule has 2 unspecified atom stereocenters. The number of rotatable bonds is 1. The Morgan fingerprint density at radius 2 is 2.00 bits per heavy atom. The number of amides is 1. The summed E-state index contributed by atoms with van der Waals surface area (Å²) in [5.41, 5.74) is 1.26. The second-order valence-electron chi connectivity index (χ2n) is 5.69. The smallest absolute Gasteiger partial charge is 0.254 e. The minimum atomic E-state index is -0.335. The van der Waals surface area contributed by atoms with Crippen LogP contribution in [0.25, 0.3) is 0 Å². The van der Waals surface area contributed by atoms with Crippen LogP contribution in [0.1, 0.15) is 35.2 Å². The van der Waals surface area contributed by atoms with Gasteiger partial charge in [0.1, 0.15) is 5.82 Å². The van der Waals surface area contributed by atoms with Gasteiger partial charge in [-0.1, -0.05) is 0 Å². The van der Waals surface area contributed by atoms with Crippen LogP contribution in [0.2, 0.25) is 0 Å². The van der Waals surface area contributed by atoms with E-state index < -0.39 is 0 Å². The minimum absolute atomic E-state index is 0. The Labute approximate surface area is 124 Å². The van der Waals surface area contributed by atoms with E-state index in [4.69, 9.17) is 0 Å². The summed E-state index contributed by atoms with van der Waals surface area (Å²) in [6.45, 7) is 3.32. The molecule has 1 aromatic carbocycles. The van der Waals surface area contributed by atoms with Crippen molar-refractivity contribution in [2.24, 2.45) is 0 Å². The van der Waals surface area contributed by atoms with Gasteiger partial charge in [0.15, 0.2) is 0 Å². The first-order chi connectivity index (χ1) is 9.11. The molecule has 1 N–H and O–H groups in total. The molecular formula is C15H20ClFN2O. The molecule has 2 saturated heterocycles. The standard InChI is InChI=1S/C15H19FN2O.ClH/c1-10-6-11(8-12(16)7-10)15(19)18-5-4-13-2-3-14(9-18)17-13;/h6-8,13-14,17H,2-5,9H2,1H3;1H. The lowest BCUT2D eigenvalue weighted by atomic mass is 10.1. The predicted octanol–water partition coefficient (Wildman–Crippen LogP) is 2.52. The molecule has 1 aromatic rings. The van der Waals surface area contributed by atoms with Crippen molar-refractivity contribution in [3.63, 3.8) is 0 Å². The van der Waals surface area contributed by atoms with Crippen LogP contribution < -0.4 is 5.32 Å². The van der Waals surface area contributed by atoms with E-state index in [1.165, 1.54) is 18.6 Å². The average Bonchev–Trinajstić information content (AvgIpc) is 2.67. The Bertz CT molecular complexity index is 488. The van der Waals surface area contributed by atoms with Gasteiger partial charge in [-0.05, 0) is 49.9 Å². The SMILES string of the molecule is Cc1cc(F)cc(C(=O)N2CCC3CCC(C2)N3)c1.Cl. The van der Waals surface area contributed by atoms with E-state index in [0.29, 0.717) is 17.6 Å². The summed E-state index contributed by atoms with van der Waals surface area (Å²) < 4.78 is 13.4. The lowest BCUT2D eigenvalue weighted by Crippen LogP contribution is -2.39. The quantitative estimate of drug-likeness (QED) is 0.864. The molecule has 2 fully saturated rings. The molecule has 0 aliphatic carbocycles. The summed E-state index contributed by atoms with van der Waals surface area (Å²) in [4.78, 5) is 14.3. The van der Waals surface area contributed by atoms with Crippen LogP contribution >= 0.6 is 12.4 Å². The van der Waals surface area contributed by atoms with Gasteiger partial charge >= 0.3 is 0 Å². The van der Waals surface area contributed by atoms with Gasteiger partial charge in [0, 0.05) is 30.7 Å². The highest BCUT2D eigenvalue weighted by atomic mass is 35.5. The number of carbonyl (C=O) groups is 1. The second-order valence-corrected chi connectivity index (χ2v) is 5.69. The maximum atomic E-state index is 13.4. The number of benzene rings is 1. The van der Waals surface area contributed by atoms with Crippen LogP contribution in [0.3, 0.4) is 0 Å². The monoisotopic (exact) mass is 298 g/mol. The summed E-state index contributed by atoms with van der Waals surface area (Å²) in [5, 5.41) is 3.54. The van der Waals surface area contributed by atoms with E-state index in [1.54, 1.807) is 6.07 Å². The molecule has 110 valence electrons. The number of halogens is 2. The summed E-state index contributed by atoms with van der Waals surface area (Å²) in [5.74, 6) is -0.380. The van der Waals surface area contributed by atoms with Gasteiger partial charge in [-0.2, -0.15) is 0 Å². The summed E-state index contributed by atoms with van der Waals surface area (Å²) >= 11 is 0. The van der Waals surface area contributed by atoms with E-state index in [0.717, 1.165) is 31.5 Å². The maximum absolute atomic E-state index is 13.4. The summed E-state index contributed by atoms with van der Waals surface area (Å²) in [7, 11) is 0. The van der Waals surface area contributed by atoms with Crippen LogP contribution in [-0.2, 0) is 0 Å². The van der Waals surface area contributed by atoms with Gasteiger partial charge < -0.3 is 10.2 Å². The number of likely N-dealkylation sites (tertiary alicyclic amines) is 1. The van der Waals surface area contributed by atoms with Crippen molar-refractivity contribution >= 4 is 18.3 Å². The number of fused-ring (bicyclic) bond motifs is 2. The van der Waals surface area contributed by atoms with Crippen LogP contribution in [0.15, 0.2) is 18.2 Å². The van der Waals surface area contributed by atoms with Crippen molar-refractivity contribution in [3.8, 4) is 0 Å². The molecule has 0 saturated carbocycles. The molecular weight excluding hydrogens is 279 g/mol. The Morgan fingerprint density at radius 3 is 2.75 bits per heavy atom. The van der Waals surface area contributed by atoms with Gasteiger partial charge in [-0.15, -0.1) is 12.4 Å². The predicted molar refractivity (Wildman–Crippen MR) is 78.9 cm³/mol. The first kappa shape index (κ1) is 15.3. The topological polar surface area (TPSA) is 32.3 Å². The first-order valence-electron chi connectivity index (χ1n) is 6.94. The van der Waals surface area contributed by atoms with Crippen molar-refractivity contribution in [1.82, 2.24) is 10.2 Å². The molecule has 0 aromatic heterocycles. The van der Waals surface area contributed by atoms with E-state index in [9.17, 15) is 9.18 Å². The van der Waals surface area contributed by atoms with Crippen molar-refractivity contribution < 1.29 is 9.18 Å². The van der Waals surface area contributed by atoms with Gasteiger partial charge in [0.25, 0.3) is 5.91 Å². The minimum Gasteiger partial charge on any atom is -0.337 e. The maximum Gasteiger partial charge on any atom is 0.254 e. The molecule has 2 aliphatic heterocycles. The van der Waals surface area contributed by atoms with Crippen LogP contribution in [-0.4, -0.2) is 36.0 Å². The molecule has 5 heteroatoms. The highest BCUT2D eigenvalue weighted by molar-refractivity contribution is 5.94. The zero-order valence-corrected chi connectivity index (χ0v) is 12.4.